The number of rotatable bonds is 30. The topological polar surface area (TPSA) is 473 Å². The molecular weight excluding hydrogens is 1120 g/mol. The maximum atomic E-state index is 13.9. The molecule has 1 fully saturated rings. The molecule has 30 heteroatoms. The number of hydrogen-bond donors (Lipinski definition) is 13. The van der Waals surface area contributed by atoms with Crippen LogP contribution in [0, 0.1) is 52.2 Å². The molecule has 0 spiro atoms. The number of aliphatic imine (C=N–C) groups is 1. The second kappa shape index (κ2) is 35.8. The molecule has 6 amide bonds. The smallest absolute Gasteiger partial charge is 0.494 e. The van der Waals surface area contributed by atoms with Gasteiger partial charge in [-0.1, -0.05) is 38.8 Å². The van der Waals surface area contributed by atoms with E-state index in [1.165, 1.54) is 4.90 Å². The van der Waals surface area contributed by atoms with E-state index in [-0.39, 0.29) is 129 Å². The Bertz CT molecular complexity index is 2080. The van der Waals surface area contributed by atoms with Crippen molar-refractivity contribution < 1.29 is 129 Å². The normalized spacial score (nSPS) is 17.4. The van der Waals surface area contributed by atoms with Gasteiger partial charge in [0, 0.05) is 32.6 Å². The monoisotopic (exact) mass is 1190 g/mol. The molecule has 0 aliphatic carbocycles. The van der Waals surface area contributed by atoms with Crippen LogP contribution in [0.25, 0.3) is 0 Å². The first kappa shape index (κ1) is 67.7. The van der Waals surface area contributed by atoms with Crippen LogP contribution in [-0.4, -0.2) is 202 Å². The van der Waals surface area contributed by atoms with Crippen LogP contribution in [-0.2, 0) is 59.2 Å². The molecule has 1 aliphatic rings. The summed E-state index contributed by atoms with van der Waals surface area (Å²) >= 11 is 0. The molecule has 0 bridgehead atoms. The fourth-order valence-corrected chi connectivity index (χ4v) is 7.07. The van der Waals surface area contributed by atoms with Crippen LogP contribution in [0.5, 0.6) is 5.75 Å². The molecule has 29 nitrogen and oxygen atoms in total. The van der Waals surface area contributed by atoms with Gasteiger partial charge in [0.2, 0.25) is 29.5 Å². The van der Waals surface area contributed by atoms with E-state index in [2.05, 4.69) is 36.9 Å². The molecule has 1 heterocycles. The van der Waals surface area contributed by atoms with Gasteiger partial charge in [0.05, 0.1) is 39.2 Å². The standard InChI is InChI=1S/C44H66N11O17.H2O.Sm/c1-25(2)39-43(71)51-29(5-3-11-48-44(45)46)40(68)49-21-33(57)50-31(20-35(60)61)41(69)52-30(42(70)53-39)17-26-6-8-28(9-7-26)72-16-4-12-47-32(56)18-27(19-34(58)59)10-13-54(22-36(62)63)14-15-55(23-37(64)65)24-38(66)67;;/h6-9,25,29-31,39H,3-5,10-24H2,1-2H3,(H,47,56)(H,49,68)(H,50,57)(H,51,71)(H,52,69)(H,53,70)(H,58,59)(H,60,61)(H,62,63)(H,64,65)(H,66,67)(H4,45,46,48);1H2;/q-1;;+3/t29-,30+,31-,39+;;/m0../s1. The third-order valence-electron chi connectivity index (χ3n) is 10.6. The first-order valence-electron chi connectivity index (χ1n) is 22.8. The Kier molecular flexibility index (Phi) is 32.7. The van der Waals surface area contributed by atoms with Crippen LogP contribution in [0.15, 0.2) is 29.3 Å². The quantitative estimate of drug-likeness (QED) is 0.0149. The summed E-state index contributed by atoms with van der Waals surface area (Å²) in [5, 5.41) is 61.6. The third kappa shape index (κ3) is 28.8. The van der Waals surface area contributed by atoms with E-state index in [1.807, 2.05) is 0 Å². The van der Waals surface area contributed by atoms with Crippen molar-refractivity contribution in [2.75, 3.05) is 65.5 Å². The number of amides is 6. The maximum absolute atomic E-state index is 13.9. The summed E-state index contributed by atoms with van der Waals surface area (Å²) in [5.74, 6) is -11.4. The van der Waals surface area contributed by atoms with E-state index < -0.39 is 134 Å². The first-order valence-corrected chi connectivity index (χ1v) is 22.8. The van der Waals surface area contributed by atoms with Gasteiger partial charge in [0.15, 0.2) is 11.9 Å². The number of carbonyl (C=O) groups excluding carboxylic acids is 6. The SMILES string of the molecule is CC(C)[C@H]1NC(=O)[C@@H](Cc2ccc(OCCCNC(=O)C[C-](CCN(CCN(CC(=O)O)CC(=O)O)CC(=O)O)CC(=O)O)cc2)NC(=O)[C@H](CC(=O)O)NC(=O)CNC(=O)[C@H](CCCN=C(N)N)NC1=O.O.[Sm+3]. The minimum Gasteiger partial charge on any atom is -0.494 e. The molecule has 2 rings (SSSR count). The van der Waals surface area contributed by atoms with Gasteiger partial charge in [-0.25, -0.2) is 0 Å². The Morgan fingerprint density at radius 3 is 1.88 bits per heavy atom. The van der Waals surface area contributed by atoms with E-state index in [0.29, 0.717) is 17.7 Å². The van der Waals surface area contributed by atoms with Crippen LogP contribution in [0.4, 0.5) is 0 Å². The number of ether oxygens (including phenoxy) is 1. The molecule has 0 unspecified atom stereocenters. The van der Waals surface area contributed by atoms with Gasteiger partial charge in [-0.15, -0.1) is 0 Å². The van der Waals surface area contributed by atoms with E-state index in [4.69, 9.17) is 26.4 Å². The van der Waals surface area contributed by atoms with Gasteiger partial charge in [-0.05, 0) is 49.4 Å². The fourth-order valence-electron chi connectivity index (χ4n) is 7.07. The molecule has 411 valence electrons. The minimum absolute atomic E-state index is 0. The molecule has 4 atom stereocenters. The number of nitrogens with zero attached hydrogens (tertiary/aromatic N) is 3. The van der Waals surface area contributed by atoms with Crippen LogP contribution < -0.4 is 48.1 Å². The molecule has 1 aromatic carbocycles. The minimum atomic E-state index is -1.67. The van der Waals surface area contributed by atoms with Gasteiger partial charge < -0.3 is 79.1 Å². The number of hydrogen-bond acceptors (Lipinski definition) is 15. The predicted molar refractivity (Wildman–Crippen MR) is 255 cm³/mol. The molecule has 1 saturated heterocycles. The largest absolute Gasteiger partial charge is 3.00 e. The predicted octanol–water partition coefficient (Wildman–Crippen LogP) is -4.77. The van der Waals surface area contributed by atoms with E-state index in [9.17, 15) is 68.1 Å². The summed E-state index contributed by atoms with van der Waals surface area (Å²) in [5.41, 5.74) is 11.2. The van der Waals surface area contributed by atoms with Crippen molar-refractivity contribution in [3.63, 3.8) is 0 Å². The zero-order chi connectivity index (χ0) is 53.9. The molecule has 17 N–H and O–H groups in total. The molecule has 1 aromatic rings. The van der Waals surface area contributed by atoms with Crippen molar-refractivity contribution in [2.45, 2.75) is 89.4 Å². The number of benzene rings is 1. The number of guanidine groups is 1. The van der Waals surface area contributed by atoms with Crippen LogP contribution in [0.3, 0.4) is 0 Å². The van der Waals surface area contributed by atoms with Gasteiger partial charge >= 0.3 is 64.3 Å². The Hall–Kier alpha value is -6.32. The summed E-state index contributed by atoms with van der Waals surface area (Å²) in [6, 6.07) is 0.756. The van der Waals surface area contributed by atoms with Gasteiger partial charge in [0.25, 0.3) is 5.97 Å². The average Bonchev–Trinajstić information content (AvgIpc) is 3.27. The van der Waals surface area contributed by atoms with E-state index in [0.717, 1.165) is 4.90 Å². The zero-order valence-corrected chi connectivity index (χ0v) is 43.6. The molecule has 0 saturated carbocycles. The van der Waals surface area contributed by atoms with E-state index >= 15 is 0 Å². The summed E-state index contributed by atoms with van der Waals surface area (Å²) in [6.07, 6.45) is -1.28. The van der Waals surface area contributed by atoms with Gasteiger partial charge in [0.1, 0.15) is 29.9 Å². The average molecular weight is 1190 g/mol. The fraction of sp³-hybridized carbons (Fsp3) is 0.568. The van der Waals surface area contributed by atoms with Crippen molar-refractivity contribution in [1.82, 2.24) is 41.7 Å². The molecule has 1 aliphatic heterocycles. The summed E-state index contributed by atoms with van der Waals surface area (Å²) < 4.78 is 5.79. The number of nitrogens with two attached hydrogens (primary N) is 2. The zero-order valence-electron chi connectivity index (χ0n) is 41.0. The van der Waals surface area contributed by atoms with Crippen molar-refractivity contribution in [3.8, 4) is 5.75 Å². The number of carboxylic acid groups (broad SMARTS) is 5. The number of carbonyl (C=O) groups is 11. The Morgan fingerprint density at radius 2 is 1.31 bits per heavy atom. The van der Waals surface area contributed by atoms with Gasteiger partial charge in [-0.3, -0.25) is 73.5 Å². The molecule has 1 radical (unpaired) electrons. The van der Waals surface area contributed by atoms with Crippen molar-refractivity contribution in [3.05, 3.63) is 35.7 Å². The van der Waals surface area contributed by atoms with Crippen molar-refractivity contribution in [2.24, 2.45) is 22.4 Å². The number of aliphatic carboxylic acids is 5. The summed E-state index contributed by atoms with van der Waals surface area (Å²) in [4.78, 5) is 143. The Labute approximate surface area is 458 Å². The summed E-state index contributed by atoms with van der Waals surface area (Å²) in [6.45, 7) is 1.05. The number of nitrogens with one attached hydrogen (secondary N) is 6. The van der Waals surface area contributed by atoms with Crippen LogP contribution in [0.2, 0.25) is 0 Å². The molecule has 74 heavy (non-hydrogen) atoms. The molecule has 0 aromatic heterocycles. The molecular formula is C44H68N11O18Sm+2. The Balaban J connectivity index is 0.0000266. The first-order chi connectivity index (χ1) is 33.9. The maximum Gasteiger partial charge on any atom is 3.00 e. The Morgan fingerprint density at radius 1 is 0.730 bits per heavy atom. The van der Waals surface area contributed by atoms with Crippen LogP contribution >= 0.6 is 0 Å². The third-order valence-corrected chi connectivity index (χ3v) is 10.6. The van der Waals surface area contributed by atoms with E-state index in [1.54, 1.807) is 38.1 Å². The second-order valence-electron chi connectivity index (χ2n) is 17.1. The van der Waals surface area contributed by atoms with Crippen molar-refractivity contribution >= 4 is 71.2 Å². The van der Waals surface area contributed by atoms with Crippen LogP contribution in [0.1, 0.15) is 64.4 Å². The number of carboxylic acids is 5. The summed E-state index contributed by atoms with van der Waals surface area (Å²) in [7, 11) is 0. The second-order valence-corrected chi connectivity index (χ2v) is 17.1. The van der Waals surface area contributed by atoms with Gasteiger partial charge in [-0.2, -0.15) is 6.42 Å². The van der Waals surface area contributed by atoms with Crippen molar-refractivity contribution in [1.29, 1.82) is 0 Å².